The Morgan fingerprint density at radius 1 is 1.41 bits per heavy atom. The topological polar surface area (TPSA) is 44.5 Å². The van der Waals surface area contributed by atoms with Gasteiger partial charge in [0.15, 0.2) is 0 Å². The molecule has 0 aliphatic carbocycles. The third-order valence-corrected chi connectivity index (χ3v) is 2.88. The van der Waals surface area contributed by atoms with E-state index in [9.17, 15) is 0 Å². The molecule has 0 aliphatic rings. The SMILES string of the molecule is CCOCC(C)OC(CN)c1cccc(Br)c1. The third kappa shape index (κ3) is 5.17. The molecular weight excluding hydrogens is 282 g/mol. The molecule has 0 amide bonds. The zero-order valence-corrected chi connectivity index (χ0v) is 11.9. The van der Waals surface area contributed by atoms with E-state index in [2.05, 4.69) is 15.9 Å². The van der Waals surface area contributed by atoms with Gasteiger partial charge in [0.2, 0.25) is 0 Å². The normalized spacial score (nSPS) is 14.6. The molecule has 0 spiro atoms. The van der Waals surface area contributed by atoms with Gasteiger partial charge < -0.3 is 15.2 Å². The van der Waals surface area contributed by atoms with Gasteiger partial charge in [-0.15, -0.1) is 0 Å². The number of hydrogen-bond acceptors (Lipinski definition) is 3. The molecule has 0 heterocycles. The van der Waals surface area contributed by atoms with Gasteiger partial charge in [0.25, 0.3) is 0 Å². The van der Waals surface area contributed by atoms with Crippen LogP contribution in [0.15, 0.2) is 28.7 Å². The fourth-order valence-corrected chi connectivity index (χ4v) is 2.00. The second kappa shape index (κ2) is 7.82. The summed E-state index contributed by atoms with van der Waals surface area (Å²) in [6.45, 7) is 5.74. The minimum absolute atomic E-state index is 0.0440. The highest BCUT2D eigenvalue weighted by atomic mass is 79.9. The van der Waals surface area contributed by atoms with E-state index in [1.165, 1.54) is 0 Å². The first-order valence-corrected chi connectivity index (χ1v) is 6.65. The molecule has 0 saturated carbocycles. The Morgan fingerprint density at radius 3 is 2.76 bits per heavy atom. The van der Waals surface area contributed by atoms with Crippen LogP contribution in [0.5, 0.6) is 0 Å². The van der Waals surface area contributed by atoms with Crippen molar-refractivity contribution in [2.24, 2.45) is 5.73 Å². The van der Waals surface area contributed by atoms with Crippen molar-refractivity contribution in [3.05, 3.63) is 34.3 Å². The molecule has 0 aliphatic heterocycles. The van der Waals surface area contributed by atoms with Gasteiger partial charge in [-0.2, -0.15) is 0 Å². The maximum absolute atomic E-state index is 5.87. The van der Waals surface area contributed by atoms with Crippen molar-refractivity contribution in [1.29, 1.82) is 0 Å². The van der Waals surface area contributed by atoms with Crippen LogP contribution in [-0.4, -0.2) is 25.9 Å². The standard InChI is InChI=1S/C13H20BrNO2/c1-3-16-9-10(2)17-13(8-15)11-5-4-6-12(14)7-11/h4-7,10,13H,3,8-9,15H2,1-2H3. The van der Waals surface area contributed by atoms with Crippen LogP contribution in [0.4, 0.5) is 0 Å². The summed E-state index contributed by atoms with van der Waals surface area (Å²) < 4.78 is 12.2. The molecule has 1 aromatic carbocycles. The van der Waals surface area contributed by atoms with Crippen LogP contribution in [0.25, 0.3) is 0 Å². The molecule has 2 unspecified atom stereocenters. The van der Waals surface area contributed by atoms with Crippen LogP contribution in [0.2, 0.25) is 0 Å². The average molecular weight is 302 g/mol. The molecular formula is C13H20BrNO2. The third-order valence-electron chi connectivity index (χ3n) is 2.39. The summed E-state index contributed by atoms with van der Waals surface area (Å²) in [7, 11) is 0. The lowest BCUT2D eigenvalue weighted by atomic mass is 10.1. The zero-order chi connectivity index (χ0) is 12.7. The molecule has 3 nitrogen and oxygen atoms in total. The summed E-state index contributed by atoms with van der Waals surface area (Å²) in [5.41, 5.74) is 6.84. The van der Waals surface area contributed by atoms with E-state index in [1.807, 2.05) is 38.1 Å². The first kappa shape index (κ1) is 14.6. The van der Waals surface area contributed by atoms with Crippen molar-refractivity contribution >= 4 is 15.9 Å². The van der Waals surface area contributed by atoms with Crippen molar-refractivity contribution in [3.63, 3.8) is 0 Å². The van der Waals surface area contributed by atoms with Gasteiger partial charge in [-0.1, -0.05) is 28.1 Å². The summed E-state index contributed by atoms with van der Waals surface area (Å²) in [5, 5.41) is 0. The lowest BCUT2D eigenvalue weighted by Crippen LogP contribution is -2.24. The first-order chi connectivity index (χ1) is 8.17. The van der Waals surface area contributed by atoms with E-state index in [1.54, 1.807) is 0 Å². The van der Waals surface area contributed by atoms with Crippen molar-refractivity contribution in [3.8, 4) is 0 Å². The summed E-state index contributed by atoms with van der Waals surface area (Å²) in [5.74, 6) is 0. The summed E-state index contributed by atoms with van der Waals surface area (Å²) in [6, 6.07) is 8.03. The number of rotatable bonds is 7. The molecule has 2 atom stereocenters. The van der Waals surface area contributed by atoms with Crippen LogP contribution in [0, 0.1) is 0 Å². The molecule has 17 heavy (non-hydrogen) atoms. The summed E-state index contributed by atoms with van der Waals surface area (Å²) in [4.78, 5) is 0. The summed E-state index contributed by atoms with van der Waals surface area (Å²) >= 11 is 3.45. The lowest BCUT2D eigenvalue weighted by Gasteiger charge is -2.21. The molecule has 4 heteroatoms. The van der Waals surface area contributed by atoms with Crippen LogP contribution in [0.1, 0.15) is 25.5 Å². The van der Waals surface area contributed by atoms with Gasteiger partial charge in [0, 0.05) is 17.6 Å². The largest absolute Gasteiger partial charge is 0.379 e. The highest BCUT2D eigenvalue weighted by Gasteiger charge is 2.14. The van der Waals surface area contributed by atoms with Gasteiger partial charge >= 0.3 is 0 Å². The minimum Gasteiger partial charge on any atom is -0.379 e. The van der Waals surface area contributed by atoms with Crippen LogP contribution < -0.4 is 5.73 Å². The van der Waals surface area contributed by atoms with Crippen LogP contribution in [-0.2, 0) is 9.47 Å². The van der Waals surface area contributed by atoms with Gasteiger partial charge in [-0.25, -0.2) is 0 Å². The van der Waals surface area contributed by atoms with Gasteiger partial charge in [0.1, 0.15) is 0 Å². The molecule has 0 bridgehead atoms. The van der Waals surface area contributed by atoms with E-state index >= 15 is 0 Å². The molecule has 1 rings (SSSR count). The number of ether oxygens (including phenoxy) is 2. The van der Waals surface area contributed by atoms with E-state index in [0.717, 1.165) is 10.0 Å². The predicted octanol–water partition coefficient (Wildman–Crippen LogP) is 2.89. The number of halogens is 1. The highest BCUT2D eigenvalue weighted by Crippen LogP contribution is 2.21. The Morgan fingerprint density at radius 2 is 2.18 bits per heavy atom. The Balaban J connectivity index is 2.59. The Labute approximate surface area is 111 Å². The van der Waals surface area contributed by atoms with Crippen molar-refractivity contribution in [1.82, 2.24) is 0 Å². The zero-order valence-electron chi connectivity index (χ0n) is 10.4. The second-order valence-corrected chi connectivity index (χ2v) is 4.80. The molecule has 0 saturated heterocycles. The fraction of sp³-hybridized carbons (Fsp3) is 0.538. The quantitative estimate of drug-likeness (QED) is 0.842. The molecule has 2 N–H and O–H groups in total. The molecule has 0 aromatic heterocycles. The number of hydrogen-bond donors (Lipinski definition) is 1. The molecule has 0 radical (unpaired) electrons. The van der Waals surface area contributed by atoms with Crippen LogP contribution >= 0.6 is 15.9 Å². The van der Waals surface area contributed by atoms with Gasteiger partial charge in [-0.05, 0) is 31.5 Å². The minimum atomic E-state index is -0.0806. The maximum atomic E-state index is 5.87. The lowest BCUT2D eigenvalue weighted by molar-refractivity contribution is -0.0441. The molecule has 96 valence electrons. The molecule has 1 aromatic rings. The summed E-state index contributed by atoms with van der Waals surface area (Å²) in [6.07, 6.45) is -0.0366. The Hall–Kier alpha value is -0.420. The molecule has 0 fully saturated rings. The first-order valence-electron chi connectivity index (χ1n) is 5.86. The second-order valence-electron chi connectivity index (χ2n) is 3.89. The fourth-order valence-electron chi connectivity index (χ4n) is 1.58. The number of benzene rings is 1. The van der Waals surface area contributed by atoms with Gasteiger partial charge in [-0.3, -0.25) is 0 Å². The van der Waals surface area contributed by atoms with E-state index < -0.39 is 0 Å². The average Bonchev–Trinajstić information content (AvgIpc) is 2.33. The van der Waals surface area contributed by atoms with Gasteiger partial charge in [0.05, 0.1) is 18.8 Å². The number of nitrogens with two attached hydrogens (primary N) is 1. The van der Waals surface area contributed by atoms with E-state index in [-0.39, 0.29) is 12.2 Å². The predicted molar refractivity (Wildman–Crippen MR) is 73.0 cm³/mol. The van der Waals surface area contributed by atoms with Crippen molar-refractivity contribution in [2.45, 2.75) is 26.1 Å². The Bertz CT molecular complexity index is 333. The van der Waals surface area contributed by atoms with E-state index in [4.69, 9.17) is 15.2 Å². The monoisotopic (exact) mass is 301 g/mol. The van der Waals surface area contributed by atoms with Crippen LogP contribution in [0.3, 0.4) is 0 Å². The van der Waals surface area contributed by atoms with E-state index in [0.29, 0.717) is 19.8 Å². The maximum Gasteiger partial charge on any atom is 0.0952 e. The smallest absolute Gasteiger partial charge is 0.0952 e. The highest BCUT2D eigenvalue weighted by molar-refractivity contribution is 9.10. The Kier molecular flexibility index (Phi) is 6.73. The van der Waals surface area contributed by atoms with Crippen molar-refractivity contribution in [2.75, 3.05) is 19.8 Å². The van der Waals surface area contributed by atoms with Crippen molar-refractivity contribution < 1.29 is 9.47 Å².